The van der Waals surface area contributed by atoms with Gasteiger partial charge in [0.15, 0.2) is 5.78 Å². The molecule has 9 heteroatoms. The molecule has 0 fully saturated rings. The summed E-state index contributed by atoms with van der Waals surface area (Å²) < 4.78 is 42.5. The Hall–Kier alpha value is -4.27. The van der Waals surface area contributed by atoms with Crippen LogP contribution in [0, 0.1) is 10.8 Å². The topological polar surface area (TPSA) is 80.5 Å². The highest BCUT2D eigenvalue weighted by atomic mass is 19.3. The van der Waals surface area contributed by atoms with Gasteiger partial charge in [-0.25, -0.2) is 9.98 Å². The fraction of sp³-hybridized carbons (Fsp3) is 0.511. The maximum absolute atomic E-state index is 15.8. The van der Waals surface area contributed by atoms with Crippen molar-refractivity contribution in [3.63, 3.8) is 0 Å². The van der Waals surface area contributed by atoms with Gasteiger partial charge in [0.25, 0.3) is 0 Å². The van der Waals surface area contributed by atoms with E-state index in [1.807, 2.05) is 93.5 Å². The number of Topliss-reactive ketones (excluding diaryl/α,β-unsaturated/α-hetero) is 1. The zero-order chi connectivity index (χ0) is 42.1. The average molecular weight is 768 g/mol. The van der Waals surface area contributed by atoms with Gasteiger partial charge in [0, 0.05) is 39.5 Å². The van der Waals surface area contributed by atoms with Crippen LogP contribution in [0.2, 0.25) is 0 Å². The van der Waals surface area contributed by atoms with Crippen molar-refractivity contribution < 1.29 is 27.8 Å². The number of allylic oxidation sites excluding steroid dienone is 10. The standard InChI is InChI=1S/C47H62BF2N2O4/c1-17-28-30(19-3)40(51-38(28)26-21-32(44(5,6)7)42(53)33(22-26)45(8,9)10)36-25-37(56-48(49,50)55-36)41-31(20-4)29(18-2)39(52-41)27-23-34(46(11,12)13)43(54)35(24-27)47(14,15)16/h21-25,53H,17-20H2,1-16H3/q-1/b40-36+. The molecular formula is C47H62BF2N2O4-. The van der Waals surface area contributed by atoms with Gasteiger partial charge in [-0.2, -0.15) is 0 Å². The number of aromatic hydroxyl groups is 1. The molecule has 1 aromatic rings. The molecule has 0 saturated carbocycles. The van der Waals surface area contributed by atoms with Gasteiger partial charge < -0.3 is 23.0 Å². The Balaban J connectivity index is 1.79. The summed E-state index contributed by atoms with van der Waals surface area (Å²) in [6, 6.07) is 3.96. The molecule has 3 aliphatic heterocycles. The van der Waals surface area contributed by atoms with Gasteiger partial charge in [0.1, 0.15) is 28.7 Å². The van der Waals surface area contributed by atoms with Crippen LogP contribution in [0.25, 0.3) is 0 Å². The number of carbonyl (C=O) groups is 1. The lowest BCUT2D eigenvalue weighted by Crippen LogP contribution is -2.36. The number of carbonyl (C=O) groups excluding carboxylic acids is 1. The Morgan fingerprint density at radius 2 is 1.04 bits per heavy atom. The molecule has 0 aromatic heterocycles. The molecule has 0 bridgehead atoms. The van der Waals surface area contributed by atoms with E-state index < -0.39 is 17.9 Å². The minimum atomic E-state index is -4.79. The van der Waals surface area contributed by atoms with Crippen molar-refractivity contribution in [1.82, 2.24) is 0 Å². The zero-order valence-corrected chi connectivity index (χ0v) is 36.6. The van der Waals surface area contributed by atoms with Crippen LogP contribution >= 0.6 is 0 Å². The monoisotopic (exact) mass is 767 g/mol. The van der Waals surface area contributed by atoms with Crippen molar-refractivity contribution in [2.75, 3.05) is 0 Å². The van der Waals surface area contributed by atoms with E-state index in [1.165, 1.54) is 6.08 Å². The predicted octanol–water partition coefficient (Wildman–Crippen LogP) is 12.8. The van der Waals surface area contributed by atoms with Crippen LogP contribution in [0.1, 0.15) is 153 Å². The molecule has 1 N–H and O–H groups in total. The third-order valence-electron chi connectivity index (χ3n) is 11.0. The summed E-state index contributed by atoms with van der Waals surface area (Å²) in [4.78, 5) is 24.0. The molecule has 0 amide bonds. The van der Waals surface area contributed by atoms with Gasteiger partial charge in [0.2, 0.25) is 0 Å². The van der Waals surface area contributed by atoms with E-state index in [1.54, 1.807) is 0 Å². The van der Waals surface area contributed by atoms with Gasteiger partial charge in [0.05, 0.1) is 11.4 Å². The van der Waals surface area contributed by atoms with Crippen molar-refractivity contribution >= 4 is 24.3 Å². The molecule has 1 aromatic carbocycles. The Labute approximate surface area is 334 Å². The molecule has 0 atom stereocenters. The van der Waals surface area contributed by atoms with E-state index in [-0.39, 0.29) is 33.9 Å². The predicted molar refractivity (Wildman–Crippen MR) is 227 cm³/mol. The summed E-state index contributed by atoms with van der Waals surface area (Å²) in [6.07, 6.45) is 7.67. The molecule has 4 aliphatic rings. The SMILES string of the molecule is CCC1=C(CC)C(=C2C=C(C(C)(C)C)C(=O)C(C(C)(C)C)=C2)N=C1C1=C/C(=C2\N=C(c3cc(C(C)(C)C)c(O)c(C(C)(C)C)c3)C(CC)=C2CC)O[B-](F)(F)O1. The molecule has 0 unspecified atom stereocenters. The Morgan fingerprint density at radius 1 is 0.607 bits per heavy atom. The lowest BCUT2D eigenvalue weighted by molar-refractivity contribution is -0.114. The van der Waals surface area contributed by atoms with E-state index in [4.69, 9.17) is 19.3 Å². The van der Waals surface area contributed by atoms with Crippen molar-refractivity contribution in [1.29, 1.82) is 0 Å². The lowest BCUT2D eigenvalue weighted by atomic mass is 9.71. The van der Waals surface area contributed by atoms with Crippen molar-refractivity contribution in [2.24, 2.45) is 20.8 Å². The highest BCUT2D eigenvalue weighted by Crippen LogP contribution is 2.46. The first-order chi connectivity index (χ1) is 25.7. The third kappa shape index (κ3) is 7.97. The van der Waals surface area contributed by atoms with E-state index in [9.17, 15) is 9.90 Å². The average Bonchev–Trinajstić information content (AvgIpc) is 3.64. The van der Waals surface area contributed by atoms with Crippen LogP contribution in [0.4, 0.5) is 8.63 Å². The third-order valence-corrected chi connectivity index (χ3v) is 11.0. The van der Waals surface area contributed by atoms with Gasteiger partial charge in [-0.15, -0.1) is 0 Å². The highest BCUT2D eigenvalue weighted by molar-refractivity contribution is 6.53. The summed E-state index contributed by atoms with van der Waals surface area (Å²) >= 11 is 0. The van der Waals surface area contributed by atoms with Gasteiger partial charge >= 0.3 is 7.11 Å². The first kappa shape index (κ1) is 42.9. The first-order valence-corrected chi connectivity index (χ1v) is 20.3. The van der Waals surface area contributed by atoms with Crippen molar-refractivity contribution in [2.45, 2.75) is 147 Å². The lowest BCUT2D eigenvalue weighted by Gasteiger charge is -2.35. The summed E-state index contributed by atoms with van der Waals surface area (Å²) in [5.74, 6) is 0.146. The Morgan fingerprint density at radius 3 is 1.46 bits per heavy atom. The molecule has 1 aliphatic carbocycles. The summed E-state index contributed by atoms with van der Waals surface area (Å²) in [5.41, 5.74) is 8.55. The van der Waals surface area contributed by atoms with Crippen molar-refractivity contribution in [3.8, 4) is 5.75 Å². The maximum atomic E-state index is 15.8. The number of nitrogens with zero attached hydrogens (tertiary/aromatic N) is 2. The Kier molecular flexibility index (Phi) is 11.2. The minimum absolute atomic E-state index is 0.0163. The van der Waals surface area contributed by atoms with Crippen molar-refractivity contribution in [3.05, 3.63) is 109 Å². The number of benzene rings is 1. The number of rotatable bonds is 6. The highest BCUT2D eigenvalue weighted by Gasteiger charge is 2.43. The minimum Gasteiger partial charge on any atom is -0.626 e. The fourth-order valence-electron chi connectivity index (χ4n) is 8.02. The molecule has 3 heterocycles. The smallest absolute Gasteiger partial charge is 0.626 e. The number of hydrogen-bond acceptors (Lipinski definition) is 6. The largest absolute Gasteiger partial charge is 0.726 e. The van der Waals surface area contributed by atoms with E-state index in [2.05, 4.69) is 41.5 Å². The van der Waals surface area contributed by atoms with Gasteiger partial charge in [-0.05, 0) is 93.9 Å². The zero-order valence-electron chi connectivity index (χ0n) is 36.6. The van der Waals surface area contributed by atoms with Crippen LogP contribution in [-0.4, -0.2) is 29.4 Å². The normalized spacial score (nSPS) is 20.9. The second kappa shape index (κ2) is 14.6. The number of phenolic OH excluding ortho intramolecular Hbond substituents is 1. The molecule has 6 nitrogen and oxygen atoms in total. The van der Waals surface area contributed by atoms with Gasteiger partial charge in [-0.3, -0.25) is 4.79 Å². The fourth-order valence-corrected chi connectivity index (χ4v) is 8.02. The van der Waals surface area contributed by atoms with Crippen LogP contribution in [0.3, 0.4) is 0 Å². The van der Waals surface area contributed by atoms with E-state index in [0.717, 1.165) is 44.6 Å². The first-order valence-electron chi connectivity index (χ1n) is 20.3. The van der Waals surface area contributed by atoms with Gasteiger partial charge in [-0.1, -0.05) is 111 Å². The number of halogens is 2. The second-order valence-electron chi connectivity index (χ2n) is 19.4. The maximum Gasteiger partial charge on any atom is 0.726 e. The van der Waals surface area contributed by atoms with E-state index >= 15 is 8.63 Å². The quantitative estimate of drug-likeness (QED) is 0.292. The molecule has 56 heavy (non-hydrogen) atoms. The Bertz CT molecular complexity index is 2090. The molecule has 0 saturated heterocycles. The van der Waals surface area contributed by atoms with Crippen LogP contribution < -0.4 is 0 Å². The summed E-state index contributed by atoms with van der Waals surface area (Å²) in [6.45, 7) is 32.6. The number of phenols is 1. The molecule has 5 rings (SSSR count). The molecule has 0 spiro atoms. The second-order valence-corrected chi connectivity index (χ2v) is 19.4. The van der Waals surface area contributed by atoms with Crippen LogP contribution in [0.5, 0.6) is 5.75 Å². The number of ketones is 1. The molecule has 302 valence electrons. The van der Waals surface area contributed by atoms with E-state index in [0.29, 0.717) is 59.6 Å². The van der Waals surface area contributed by atoms with Crippen LogP contribution in [-0.2, 0) is 24.9 Å². The molecule has 0 radical (unpaired) electrons. The molecular weight excluding hydrogens is 705 g/mol. The van der Waals surface area contributed by atoms with Crippen LogP contribution in [0.15, 0.2) is 102 Å². The summed E-state index contributed by atoms with van der Waals surface area (Å²) in [5, 5.41) is 11.5. The number of aliphatic imine (C=N–C) groups is 2. The summed E-state index contributed by atoms with van der Waals surface area (Å²) in [7, 11) is -4.79. The number of hydrogen-bond donors (Lipinski definition) is 1.